The van der Waals surface area contributed by atoms with Crippen molar-refractivity contribution in [3.05, 3.63) is 29.8 Å². The number of aliphatic hydroxyl groups is 1. The first-order valence-corrected chi connectivity index (χ1v) is 6.45. The number of hydrogen-bond acceptors (Lipinski definition) is 3. The summed E-state index contributed by atoms with van der Waals surface area (Å²) in [6.45, 7) is 0. The second-order valence-corrected chi connectivity index (χ2v) is 4.84. The maximum absolute atomic E-state index is 10.7. The van der Waals surface area contributed by atoms with E-state index in [0.717, 1.165) is 31.4 Å². The average molecular weight is 249 g/mol. The van der Waals surface area contributed by atoms with Crippen LogP contribution in [-0.2, 0) is 0 Å². The van der Waals surface area contributed by atoms with E-state index in [9.17, 15) is 9.90 Å². The predicted octanol–water partition coefficient (Wildman–Crippen LogP) is 2.49. The van der Waals surface area contributed by atoms with Gasteiger partial charge < -0.3 is 15.5 Å². The fraction of sp³-hybridized carbons (Fsp3) is 0.500. The van der Waals surface area contributed by atoms with Gasteiger partial charge in [0, 0.05) is 5.69 Å². The fourth-order valence-electron chi connectivity index (χ4n) is 2.38. The molecule has 4 heteroatoms. The third-order valence-corrected chi connectivity index (χ3v) is 3.46. The van der Waals surface area contributed by atoms with Crippen molar-refractivity contribution in [2.45, 2.75) is 44.2 Å². The number of rotatable bonds is 3. The Morgan fingerprint density at radius 3 is 2.44 bits per heavy atom. The molecule has 4 nitrogen and oxygen atoms in total. The van der Waals surface area contributed by atoms with E-state index in [0.29, 0.717) is 0 Å². The molecule has 0 amide bonds. The molecule has 0 aliphatic heterocycles. The Morgan fingerprint density at radius 1 is 1.11 bits per heavy atom. The number of carboxylic acid groups (broad SMARTS) is 1. The van der Waals surface area contributed by atoms with Crippen molar-refractivity contribution in [2.75, 3.05) is 5.32 Å². The van der Waals surface area contributed by atoms with Crippen LogP contribution in [0.25, 0.3) is 0 Å². The van der Waals surface area contributed by atoms with Crippen LogP contribution in [0.2, 0.25) is 0 Å². The molecule has 1 saturated carbocycles. The maximum Gasteiger partial charge on any atom is 0.335 e. The van der Waals surface area contributed by atoms with E-state index in [1.165, 1.54) is 6.42 Å². The minimum absolute atomic E-state index is 0.0724. The third kappa shape index (κ3) is 3.23. The molecule has 0 spiro atoms. The molecule has 2 rings (SSSR count). The molecular weight excluding hydrogens is 230 g/mol. The number of carbonyl (C=O) groups is 1. The summed E-state index contributed by atoms with van der Waals surface area (Å²) in [4.78, 5) is 10.7. The number of aromatic carboxylic acids is 1. The average Bonchev–Trinajstić information content (AvgIpc) is 2.56. The van der Waals surface area contributed by atoms with Crippen molar-refractivity contribution in [2.24, 2.45) is 0 Å². The van der Waals surface area contributed by atoms with Gasteiger partial charge in [-0.1, -0.05) is 19.3 Å². The van der Waals surface area contributed by atoms with Crippen LogP contribution in [0.3, 0.4) is 0 Å². The molecule has 0 aromatic heterocycles. The molecule has 2 unspecified atom stereocenters. The first-order valence-electron chi connectivity index (χ1n) is 6.45. The molecule has 1 aliphatic rings. The predicted molar refractivity (Wildman–Crippen MR) is 69.9 cm³/mol. The van der Waals surface area contributed by atoms with E-state index in [-0.39, 0.29) is 17.7 Å². The minimum atomic E-state index is -0.920. The van der Waals surface area contributed by atoms with Crippen molar-refractivity contribution in [3.8, 4) is 0 Å². The Bertz CT molecular complexity index is 402. The molecule has 2 atom stereocenters. The summed E-state index contributed by atoms with van der Waals surface area (Å²) in [5.41, 5.74) is 1.15. The minimum Gasteiger partial charge on any atom is -0.478 e. The monoisotopic (exact) mass is 249 g/mol. The first kappa shape index (κ1) is 12.9. The molecule has 18 heavy (non-hydrogen) atoms. The van der Waals surface area contributed by atoms with Crippen LogP contribution >= 0.6 is 0 Å². The van der Waals surface area contributed by atoms with E-state index in [2.05, 4.69) is 5.32 Å². The molecule has 1 aliphatic carbocycles. The summed E-state index contributed by atoms with van der Waals surface area (Å²) in [6, 6.07) is 6.73. The Labute approximate surface area is 107 Å². The standard InChI is InChI=1S/C14H19NO3/c16-13-5-3-1-2-4-12(13)15-11-8-6-10(7-9-11)14(17)18/h6-9,12-13,15-16H,1-5H2,(H,17,18). The lowest BCUT2D eigenvalue weighted by Gasteiger charge is -2.22. The fourth-order valence-corrected chi connectivity index (χ4v) is 2.38. The summed E-state index contributed by atoms with van der Waals surface area (Å²) in [5.74, 6) is -0.920. The van der Waals surface area contributed by atoms with Gasteiger partial charge in [0.2, 0.25) is 0 Å². The topological polar surface area (TPSA) is 69.6 Å². The van der Waals surface area contributed by atoms with Crippen LogP contribution in [0.1, 0.15) is 42.5 Å². The molecule has 1 fully saturated rings. The molecule has 0 saturated heterocycles. The zero-order chi connectivity index (χ0) is 13.0. The van der Waals surface area contributed by atoms with Crippen LogP contribution in [0.4, 0.5) is 5.69 Å². The van der Waals surface area contributed by atoms with E-state index in [1.807, 2.05) is 0 Å². The molecule has 0 radical (unpaired) electrons. The highest BCUT2D eigenvalue weighted by Gasteiger charge is 2.21. The van der Waals surface area contributed by atoms with Crippen molar-refractivity contribution >= 4 is 11.7 Å². The zero-order valence-corrected chi connectivity index (χ0v) is 10.3. The second-order valence-electron chi connectivity index (χ2n) is 4.84. The maximum atomic E-state index is 10.7. The molecule has 1 aromatic rings. The molecule has 1 aromatic carbocycles. The van der Waals surface area contributed by atoms with Crippen molar-refractivity contribution in [1.82, 2.24) is 0 Å². The molecule has 98 valence electrons. The van der Waals surface area contributed by atoms with Gasteiger partial charge in [0.05, 0.1) is 17.7 Å². The zero-order valence-electron chi connectivity index (χ0n) is 10.3. The normalized spacial score (nSPS) is 24.3. The number of aliphatic hydroxyl groups excluding tert-OH is 1. The van der Waals surface area contributed by atoms with Crippen LogP contribution in [0.15, 0.2) is 24.3 Å². The SMILES string of the molecule is O=C(O)c1ccc(NC2CCCCCC2O)cc1. The third-order valence-electron chi connectivity index (χ3n) is 3.46. The summed E-state index contributed by atoms with van der Waals surface area (Å²) in [6.07, 6.45) is 4.87. The quantitative estimate of drug-likeness (QED) is 0.720. The number of hydrogen-bond donors (Lipinski definition) is 3. The van der Waals surface area contributed by atoms with Crippen LogP contribution < -0.4 is 5.32 Å². The van der Waals surface area contributed by atoms with E-state index < -0.39 is 5.97 Å². The van der Waals surface area contributed by atoms with Gasteiger partial charge >= 0.3 is 5.97 Å². The van der Waals surface area contributed by atoms with Gasteiger partial charge in [0.15, 0.2) is 0 Å². The van der Waals surface area contributed by atoms with E-state index in [1.54, 1.807) is 24.3 Å². The van der Waals surface area contributed by atoms with Gasteiger partial charge in [-0.05, 0) is 37.1 Å². The van der Waals surface area contributed by atoms with Gasteiger partial charge in [-0.25, -0.2) is 4.79 Å². The first-order chi connectivity index (χ1) is 8.66. The summed E-state index contributed by atoms with van der Waals surface area (Å²) >= 11 is 0. The summed E-state index contributed by atoms with van der Waals surface area (Å²) < 4.78 is 0. The molecule has 3 N–H and O–H groups in total. The lowest BCUT2D eigenvalue weighted by molar-refractivity contribution is 0.0697. The second kappa shape index (κ2) is 5.87. The van der Waals surface area contributed by atoms with Gasteiger partial charge in [-0.2, -0.15) is 0 Å². The highest BCUT2D eigenvalue weighted by atomic mass is 16.4. The largest absolute Gasteiger partial charge is 0.478 e. The van der Waals surface area contributed by atoms with Crippen LogP contribution in [-0.4, -0.2) is 28.3 Å². The summed E-state index contributed by atoms with van der Waals surface area (Å²) in [7, 11) is 0. The Hall–Kier alpha value is -1.55. The van der Waals surface area contributed by atoms with Crippen LogP contribution in [0, 0.1) is 0 Å². The Kier molecular flexibility index (Phi) is 4.20. The Morgan fingerprint density at radius 2 is 1.78 bits per heavy atom. The molecule has 0 heterocycles. The van der Waals surface area contributed by atoms with E-state index in [4.69, 9.17) is 5.11 Å². The van der Waals surface area contributed by atoms with Gasteiger partial charge in [0.25, 0.3) is 0 Å². The smallest absolute Gasteiger partial charge is 0.335 e. The lowest BCUT2D eigenvalue weighted by Crippen LogP contribution is -2.32. The molecule has 0 bridgehead atoms. The highest BCUT2D eigenvalue weighted by Crippen LogP contribution is 2.22. The molecular formula is C14H19NO3. The number of anilines is 1. The lowest BCUT2D eigenvalue weighted by atomic mass is 10.1. The highest BCUT2D eigenvalue weighted by molar-refractivity contribution is 5.87. The number of carboxylic acids is 1. The van der Waals surface area contributed by atoms with E-state index >= 15 is 0 Å². The van der Waals surface area contributed by atoms with Crippen molar-refractivity contribution < 1.29 is 15.0 Å². The number of nitrogens with one attached hydrogen (secondary N) is 1. The van der Waals surface area contributed by atoms with Gasteiger partial charge in [-0.15, -0.1) is 0 Å². The number of benzene rings is 1. The van der Waals surface area contributed by atoms with Gasteiger partial charge in [0.1, 0.15) is 0 Å². The van der Waals surface area contributed by atoms with Crippen molar-refractivity contribution in [3.63, 3.8) is 0 Å². The summed E-state index contributed by atoms with van der Waals surface area (Å²) in [5, 5.41) is 22.1. The van der Waals surface area contributed by atoms with Gasteiger partial charge in [-0.3, -0.25) is 0 Å². The Balaban J connectivity index is 2.01. The van der Waals surface area contributed by atoms with Crippen LogP contribution in [0.5, 0.6) is 0 Å². The van der Waals surface area contributed by atoms with Crippen molar-refractivity contribution in [1.29, 1.82) is 0 Å².